The fraction of sp³-hybridized carbons (Fsp3) is 0.176. The van der Waals surface area contributed by atoms with Gasteiger partial charge in [-0.15, -0.1) is 11.3 Å². The van der Waals surface area contributed by atoms with Crippen LogP contribution < -0.4 is 10.9 Å². The Morgan fingerprint density at radius 3 is 2.79 bits per heavy atom. The van der Waals surface area contributed by atoms with Crippen LogP contribution in [0.3, 0.4) is 0 Å². The van der Waals surface area contributed by atoms with Crippen molar-refractivity contribution in [3.8, 4) is 0 Å². The number of aromatic nitrogens is 2. The zero-order chi connectivity index (χ0) is 20.4. The van der Waals surface area contributed by atoms with E-state index < -0.39 is 28.9 Å². The lowest BCUT2D eigenvalue weighted by Crippen LogP contribution is -2.31. The van der Waals surface area contributed by atoms with Crippen molar-refractivity contribution in [1.29, 1.82) is 0 Å². The number of aromatic carboxylic acids is 1. The number of hydrogen-bond acceptors (Lipinski definition) is 7. The molecule has 0 aliphatic heterocycles. The average Bonchev–Trinajstić information content (AvgIpc) is 3.08. The molecule has 0 saturated carbocycles. The molecule has 3 aromatic rings. The maximum atomic E-state index is 12.8. The number of non-ortho nitro benzene ring substituents is 1. The van der Waals surface area contributed by atoms with Gasteiger partial charge >= 0.3 is 5.97 Å². The van der Waals surface area contributed by atoms with Gasteiger partial charge in [0.2, 0.25) is 5.91 Å². The number of nitro benzene ring substituents is 1. The first-order chi connectivity index (χ1) is 13.3. The molecule has 0 saturated heterocycles. The Morgan fingerprint density at radius 2 is 2.14 bits per heavy atom. The molecule has 2 heterocycles. The number of rotatable bonds is 6. The lowest BCUT2D eigenvalue weighted by molar-refractivity contribution is -0.384. The van der Waals surface area contributed by atoms with Gasteiger partial charge in [0.15, 0.2) is 0 Å². The summed E-state index contributed by atoms with van der Waals surface area (Å²) in [6, 6.07) is 5.40. The third-order valence-electron chi connectivity index (χ3n) is 3.96. The minimum Gasteiger partial charge on any atom is -0.478 e. The summed E-state index contributed by atoms with van der Waals surface area (Å²) in [7, 11) is 0. The summed E-state index contributed by atoms with van der Waals surface area (Å²) < 4.78 is 1.12. The van der Waals surface area contributed by atoms with Gasteiger partial charge in [0.1, 0.15) is 17.2 Å². The third kappa shape index (κ3) is 3.60. The number of nitrogens with one attached hydrogen (secondary N) is 1. The molecule has 0 spiro atoms. The van der Waals surface area contributed by atoms with Crippen molar-refractivity contribution in [3.05, 3.63) is 61.5 Å². The van der Waals surface area contributed by atoms with Gasteiger partial charge < -0.3 is 10.4 Å². The average molecular weight is 402 g/mol. The monoisotopic (exact) mass is 402 g/mol. The molecule has 0 aliphatic carbocycles. The molecule has 2 N–H and O–H groups in total. The number of anilines is 1. The smallest absolute Gasteiger partial charge is 0.337 e. The van der Waals surface area contributed by atoms with Gasteiger partial charge in [-0.3, -0.25) is 24.3 Å². The van der Waals surface area contributed by atoms with Crippen LogP contribution in [0.25, 0.3) is 10.2 Å². The summed E-state index contributed by atoms with van der Waals surface area (Å²) >= 11 is 1.05. The highest BCUT2D eigenvalue weighted by molar-refractivity contribution is 7.17. The van der Waals surface area contributed by atoms with Gasteiger partial charge in [-0.1, -0.05) is 13.0 Å². The maximum Gasteiger partial charge on any atom is 0.337 e. The Balaban J connectivity index is 1.96. The quantitative estimate of drug-likeness (QED) is 0.475. The highest BCUT2D eigenvalue weighted by Gasteiger charge is 2.20. The number of thiophene rings is 1. The second-order valence-electron chi connectivity index (χ2n) is 5.76. The zero-order valence-electron chi connectivity index (χ0n) is 14.5. The molecule has 28 heavy (non-hydrogen) atoms. The third-order valence-corrected chi connectivity index (χ3v) is 4.83. The van der Waals surface area contributed by atoms with Crippen LogP contribution >= 0.6 is 11.3 Å². The molecule has 3 rings (SSSR count). The number of aryl methyl sites for hydroxylation is 1. The highest BCUT2D eigenvalue weighted by Crippen LogP contribution is 2.22. The summed E-state index contributed by atoms with van der Waals surface area (Å²) in [4.78, 5) is 51.4. The van der Waals surface area contributed by atoms with E-state index in [4.69, 9.17) is 0 Å². The number of carbonyl (C=O) groups excluding carboxylic acids is 1. The first kappa shape index (κ1) is 19.2. The Morgan fingerprint density at radius 1 is 1.39 bits per heavy atom. The number of nitro groups is 1. The molecule has 0 radical (unpaired) electrons. The fourth-order valence-electron chi connectivity index (χ4n) is 2.70. The van der Waals surface area contributed by atoms with Crippen molar-refractivity contribution >= 4 is 44.8 Å². The van der Waals surface area contributed by atoms with Gasteiger partial charge in [-0.25, -0.2) is 9.78 Å². The van der Waals surface area contributed by atoms with Crippen molar-refractivity contribution < 1.29 is 19.6 Å². The summed E-state index contributed by atoms with van der Waals surface area (Å²) in [5, 5.41) is 23.9. The van der Waals surface area contributed by atoms with Crippen molar-refractivity contribution in [2.45, 2.75) is 19.9 Å². The van der Waals surface area contributed by atoms with Crippen LogP contribution in [0.5, 0.6) is 0 Å². The minimum absolute atomic E-state index is 0.0437. The number of carbonyl (C=O) groups is 2. The standard InChI is InChI=1S/C17H14N4O6S/c1-2-12-19-15-14(11(8-28-15)17(24)25)16(23)20(12)7-13(22)18-9-4-3-5-10(6-9)21(26)27/h3-6,8H,2,7H2,1H3,(H,18,22)(H,24,25). The van der Waals surface area contributed by atoms with Crippen molar-refractivity contribution in [3.63, 3.8) is 0 Å². The van der Waals surface area contributed by atoms with E-state index in [9.17, 15) is 29.6 Å². The van der Waals surface area contributed by atoms with Crippen LogP contribution in [0.15, 0.2) is 34.4 Å². The summed E-state index contributed by atoms with van der Waals surface area (Å²) in [5.74, 6) is -1.50. The molecule has 1 aromatic carbocycles. The van der Waals surface area contributed by atoms with Crippen LogP contribution in [0.4, 0.5) is 11.4 Å². The van der Waals surface area contributed by atoms with Crippen LogP contribution in [0, 0.1) is 10.1 Å². The highest BCUT2D eigenvalue weighted by atomic mass is 32.1. The second kappa shape index (κ2) is 7.56. The first-order valence-corrected chi connectivity index (χ1v) is 8.98. The van der Waals surface area contributed by atoms with Crippen LogP contribution in [-0.4, -0.2) is 31.5 Å². The topological polar surface area (TPSA) is 144 Å². The molecule has 10 nitrogen and oxygen atoms in total. The van der Waals surface area contributed by atoms with E-state index in [1.807, 2.05) is 0 Å². The largest absolute Gasteiger partial charge is 0.478 e. The summed E-state index contributed by atoms with van der Waals surface area (Å²) in [5.41, 5.74) is -0.750. The molecule has 2 aromatic heterocycles. The van der Waals surface area contributed by atoms with E-state index in [0.29, 0.717) is 17.1 Å². The predicted molar refractivity (Wildman–Crippen MR) is 102 cm³/mol. The van der Waals surface area contributed by atoms with Crippen LogP contribution in [0.1, 0.15) is 23.1 Å². The van der Waals surface area contributed by atoms with Gasteiger partial charge in [-0.05, 0) is 6.07 Å². The van der Waals surface area contributed by atoms with Crippen molar-refractivity contribution in [1.82, 2.24) is 9.55 Å². The molecular formula is C17H14N4O6S. The molecule has 0 fully saturated rings. The second-order valence-corrected chi connectivity index (χ2v) is 6.62. The van der Waals surface area contributed by atoms with Gasteiger partial charge in [-0.2, -0.15) is 0 Å². The van der Waals surface area contributed by atoms with E-state index in [2.05, 4.69) is 10.3 Å². The Kier molecular flexibility index (Phi) is 5.18. The summed E-state index contributed by atoms with van der Waals surface area (Å²) in [6.07, 6.45) is 0.357. The Labute approximate surface area is 161 Å². The number of amides is 1. The van der Waals surface area contributed by atoms with Crippen molar-refractivity contribution in [2.24, 2.45) is 0 Å². The maximum absolute atomic E-state index is 12.8. The van der Waals surface area contributed by atoms with Gasteiger partial charge in [0, 0.05) is 29.6 Å². The SMILES string of the molecule is CCc1nc2scc(C(=O)O)c2c(=O)n1CC(=O)Nc1cccc([N+](=O)[O-])c1. The van der Waals surface area contributed by atoms with E-state index in [0.717, 1.165) is 15.9 Å². The van der Waals surface area contributed by atoms with E-state index in [1.165, 1.54) is 29.6 Å². The number of carboxylic acid groups (broad SMARTS) is 1. The number of carboxylic acids is 1. The molecule has 0 unspecified atom stereocenters. The van der Waals surface area contributed by atoms with Gasteiger partial charge in [0.05, 0.1) is 15.9 Å². The van der Waals surface area contributed by atoms with Crippen molar-refractivity contribution in [2.75, 3.05) is 5.32 Å². The molecule has 1 amide bonds. The molecule has 0 bridgehead atoms. The molecule has 0 atom stereocenters. The molecule has 0 aliphatic rings. The minimum atomic E-state index is -1.25. The van der Waals surface area contributed by atoms with Gasteiger partial charge in [0.25, 0.3) is 11.2 Å². The molecule has 11 heteroatoms. The van der Waals surface area contributed by atoms with E-state index >= 15 is 0 Å². The predicted octanol–water partition coefficient (Wildman–Crippen LogP) is 2.27. The van der Waals surface area contributed by atoms with Crippen LogP contribution in [-0.2, 0) is 17.8 Å². The number of benzene rings is 1. The normalized spacial score (nSPS) is 10.8. The van der Waals surface area contributed by atoms with E-state index in [-0.39, 0.29) is 22.3 Å². The zero-order valence-corrected chi connectivity index (χ0v) is 15.4. The lowest BCUT2D eigenvalue weighted by Gasteiger charge is -2.11. The Hall–Kier alpha value is -3.60. The molecular weight excluding hydrogens is 388 g/mol. The van der Waals surface area contributed by atoms with Crippen LogP contribution in [0.2, 0.25) is 0 Å². The Bertz CT molecular complexity index is 1170. The van der Waals surface area contributed by atoms with E-state index in [1.54, 1.807) is 6.92 Å². The first-order valence-electron chi connectivity index (χ1n) is 8.10. The fourth-order valence-corrected chi connectivity index (χ4v) is 3.62. The summed E-state index contributed by atoms with van der Waals surface area (Å²) in [6.45, 7) is 1.36. The number of hydrogen-bond donors (Lipinski definition) is 2. The molecule has 144 valence electrons. The lowest BCUT2D eigenvalue weighted by atomic mass is 10.2. The number of nitrogens with zero attached hydrogens (tertiary/aromatic N) is 3. The number of fused-ring (bicyclic) bond motifs is 1.